The number of ether oxygens (including phenoxy) is 3. The molecular weight excluding hydrogens is 764 g/mol. The van der Waals surface area contributed by atoms with E-state index in [1.807, 2.05) is 26.8 Å². The lowest BCUT2D eigenvalue weighted by Crippen LogP contribution is -2.55. The van der Waals surface area contributed by atoms with Gasteiger partial charge < -0.3 is 49.5 Å². The fourth-order valence-corrected chi connectivity index (χ4v) is 6.90. The van der Waals surface area contributed by atoms with E-state index in [0.717, 1.165) is 51.2 Å². The number of methoxy groups -OCH3 is 1. The van der Waals surface area contributed by atoms with E-state index in [4.69, 9.17) is 14.2 Å². The summed E-state index contributed by atoms with van der Waals surface area (Å²) in [5, 5.41) is 18.5. The summed E-state index contributed by atoms with van der Waals surface area (Å²) in [5.41, 5.74) is 1.39. The predicted octanol–water partition coefficient (Wildman–Crippen LogP) is 3.73. The van der Waals surface area contributed by atoms with Crippen molar-refractivity contribution >= 4 is 35.8 Å². The zero-order valence-corrected chi connectivity index (χ0v) is 34.0. The fraction of sp³-hybridized carbons (Fsp3) is 0.442. The van der Waals surface area contributed by atoms with E-state index in [9.17, 15) is 39.0 Å². The molecule has 1 unspecified atom stereocenters. The van der Waals surface area contributed by atoms with Gasteiger partial charge in [-0.05, 0) is 80.6 Å². The van der Waals surface area contributed by atoms with E-state index in [1.54, 1.807) is 26.2 Å². The molecule has 59 heavy (non-hydrogen) atoms. The van der Waals surface area contributed by atoms with Crippen LogP contribution in [0.5, 0.6) is 5.75 Å². The van der Waals surface area contributed by atoms with Gasteiger partial charge in [0.15, 0.2) is 0 Å². The first-order chi connectivity index (χ1) is 27.8. The van der Waals surface area contributed by atoms with Crippen LogP contribution < -0.4 is 4.74 Å². The minimum atomic E-state index is -2.21. The van der Waals surface area contributed by atoms with Crippen molar-refractivity contribution in [2.75, 3.05) is 59.5 Å². The minimum Gasteiger partial charge on any atom is -0.497 e. The zero-order chi connectivity index (χ0) is 42.2. The maximum atomic E-state index is 12.9. The average Bonchev–Trinajstić information content (AvgIpc) is 3.24. The first-order valence-corrected chi connectivity index (χ1v) is 19.4. The van der Waals surface area contributed by atoms with Crippen LogP contribution in [0.4, 0.5) is 4.79 Å². The number of carbonyl (C=O) groups is 6. The Morgan fingerprint density at radius 2 is 1.14 bits per heavy atom. The molecule has 320 valence electrons. The first-order valence-electron chi connectivity index (χ1n) is 19.4. The van der Waals surface area contributed by atoms with E-state index in [0.29, 0.717) is 38.1 Å². The second-order valence-electron chi connectivity index (χ2n) is 14.3. The smallest absolute Gasteiger partial charge is 0.349 e. The fourth-order valence-electron chi connectivity index (χ4n) is 6.90. The molecule has 2 aliphatic rings. The molecule has 0 bridgehead atoms. The van der Waals surface area contributed by atoms with Crippen LogP contribution in [-0.2, 0) is 30.3 Å². The number of hydrogen-bond acceptors (Lipinski definition) is 10. The van der Waals surface area contributed by atoms with Crippen molar-refractivity contribution in [1.29, 1.82) is 0 Å². The van der Waals surface area contributed by atoms with Crippen molar-refractivity contribution in [1.82, 2.24) is 19.6 Å². The molecule has 3 atom stereocenters. The zero-order valence-electron chi connectivity index (χ0n) is 34.0. The lowest BCUT2D eigenvalue weighted by molar-refractivity contribution is -0.166. The molecule has 2 aliphatic heterocycles. The van der Waals surface area contributed by atoms with Crippen molar-refractivity contribution in [2.24, 2.45) is 5.92 Å². The highest BCUT2D eigenvalue weighted by Crippen LogP contribution is 2.23. The number of likely N-dealkylation sites (tertiary alicyclic amines) is 1. The molecule has 3 aromatic carbocycles. The Hall–Kier alpha value is -6.00. The van der Waals surface area contributed by atoms with E-state index in [2.05, 4.69) is 30.9 Å². The molecule has 3 amide bonds. The molecule has 5 rings (SSSR count). The maximum Gasteiger partial charge on any atom is 0.349 e. The number of amides is 3. The van der Waals surface area contributed by atoms with Crippen LogP contribution in [0.2, 0.25) is 0 Å². The van der Waals surface area contributed by atoms with Crippen LogP contribution in [-0.4, -0.2) is 149 Å². The number of rotatable bonds is 14. The molecule has 16 heteroatoms. The third-order valence-corrected chi connectivity index (χ3v) is 10.3. The van der Waals surface area contributed by atoms with Crippen LogP contribution in [0, 0.1) is 5.92 Å². The lowest BCUT2D eigenvalue weighted by atomic mass is 9.95. The molecule has 2 heterocycles. The van der Waals surface area contributed by atoms with Gasteiger partial charge in [-0.3, -0.25) is 4.79 Å². The summed E-state index contributed by atoms with van der Waals surface area (Å²) in [5.74, 6) is -4.01. The van der Waals surface area contributed by atoms with Crippen molar-refractivity contribution in [3.8, 4) is 5.75 Å². The number of esters is 2. The molecule has 0 saturated carbocycles. The molecular formula is C43H56N4O12. The van der Waals surface area contributed by atoms with Crippen molar-refractivity contribution < 1.29 is 58.7 Å². The number of likely N-dealkylation sites (N-methyl/N-ethyl adjacent to an activating group) is 1. The number of benzene rings is 3. The minimum absolute atomic E-state index is 0. The summed E-state index contributed by atoms with van der Waals surface area (Å²) in [4.78, 5) is 79.6. The normalized spacial score (nSPS) is 15.6. The highest BCUT2D eigenvalue weighted by Gasteiger charge is 2.41. The molecule has 4 N–H and O–H groups in total. The largest absolute Gasteiger partial charge is 0.497 e. The number of piperazine rings is 1. The molecule has 0 aromatic heterocycles. The van der Waals surface area contributed by atoms with Gasteiger partial charge in [0.1, 0.15) is 5.75 Å². The number of carboxylic acid groups (broad SMARTS) is 2. The van der Waals surface area contributed by atoms with E-state index < -0.39 is 36.1 Å². The van der Waals surface area contributed by atoms with Gasteiger partial charge in [0.25, 0.3) is 0 Å². The lowest BCUT2D eigenvalue weighted by Gasteiger charge is -2.40. The number of nitrogens with zero attached hydrogens (tertiary/aromatic N) is 4. The molecule has 16 nitrogen and oxygen atoms in total. The van der Waals surface area contributed by atoms with Crippen LogP contribution in [0.1, 0.15) is 59.9 Å². The van der Waals surface area contributed by atoms with Crippen LogP contribution >= 0.6 is 0 Å². The Bertz CT molecular complexity index is 1740. The van der Waals surface area contributed by atoms with Crippen molar-refractivity contribution in [2.45, 2.75) is 58.3 Å². The molecule has 0 aliphatic carbocycles. The maximum absolute atomic E-state index is 12.9. The molecule has 0 radical (unpaired) electrons. The molecule has 2 fully saturated rings. The van der Waals surface area contributed by atoms with E-state index in [1.165, 1.54) is 54.1 Å². The predicted molar refractivity (Wildman–Crippen MR) is 217 cm³/mol. The van der Waals surface area contributed by atoms with Crippen LogP contribution in [0.15, 0.2) is 84.9 Å². The van der Waals surface area contributed by atoms with Gasteiger partial charge in [0.2, 0.25) is 18.1 Å². The SMILES string of the molecule is CCN(CC1CCN(C(=O)N2CCN(C(C)=O)CC2)CC1)C(C)Cc1ccc(OC)cc1.O.O=C(O[C@@H](C(=O)O)[C@@H](OC(=O)c1ccccc1)C(=O)O)c1ccccc1. The Morgan fingerprint density at radius 3 is 1.54 bits per heavy atom. The number of hydrogen-bond donors (Lipinski definition) is 2. The summed E-state index contributed by atoms with van der Waals surface area (Å²) < 4.78 is 14.8. The summed E-state index contributed by atoms with van der Waals surface area (Å²) >= 11 is 0. The van der Waals surface area contributed by atoms with Gasteiger partial charge >= 0.3 is 29.9 Å². The summed E-state index contributed by atoms with van der Waals surface area (Å²) in [7, 11) is 1.70. The second-order valence-corrected chi connectivity index (χ2v) is 14.3. The number of urea groups is 1. The van der Waals surface area contributed by atoms with Gasteiger partial charge in [0, 0.05) is 58.8 Å². The Kier molecular flexibility index (Phi) is 18.8. The molecule has 2 saturated heterocycles. The third-order valence-electron chi connectivity index (χ3n) is 10.3. The first kappa shape index (κ1) is 47.4. The average molecular weight is 821 g/mol. The van der Waals surface area contributed by atoms with Crippen molar-refractivity contribution in [3.63, 3.8) is 0 Å². The molecule has 3 aromatic rings. The van der Waals surface area contributed by atoms with Gasteiger partial charge in [-0.15, -0.1) is 0 Å². The van der Waals surface area contributed by atoms with Crippen LogP contribution in [0.3, 0.4) is 0 Å². The summed E-state index contributed by atoms with van der Waals surface area (Å²) in [6.07, 6.45) is -1.28. The monoisotopic (exact) mass is 820 g/mol. The highest BCUT2D eigenvalue weighted by atomic mass is 16.6. The van der Waals surface area contributed by atoms with Crippen LogP contribution in [0.25, 0.3) is 0 Å². The second kappa shape index (κ2) is 23.4. The Morgan fingerprint density at radius 1 is 0.695 bits per heavy atom. The molecule has 0 spiro atoms. The topological polar surface area (TPSA) is 215 Å². The van der Waals surface area contributed by atoms with E-state index >= 15 is 0 Å². The van der Waals surface area contributed by atoms with Crippen molar-refractivity contribution in [3.05, 3.63) is 102 Å². The summed E-state index contributed by atoms with van der Waals surface area (Å²) in [6, 6.07) is 23.8. The van der Waals surface area contributed by atoms with Gasteiger partial charge in [-0.1, -0.05) is 55.5 Å². The van der Waals surface area contributed by atoms with Gasteiger partial charge in [-0.2, -0.15) is 0 Å². The quantitative estimate of drug-likeness (QED) is 0.223. The van der Waals surface area contributed by atoms with E-state index in [-0.39, 0.29) is 28.5 Å². The number of carboxylic acids is 2. The van der Waals surface area contributed by atoms with Gasteiger partial charge in [0.05, 0.1) is 18.2 Å². The number of aliphatic carboxylic acids is 2. The third kappa shape index (κ3) is 14.1. The van der Waals surface area contributed by atoms with Gasteiger partial charge in [-0.25, -0.2) is 24.0 Å². The Balaban J connectivity index is 0.000000317. The standard InChI is InChI=1S/C25H40N4O3.C18H14O8.H2O/c1-5-26(20(2)18-22-6-8-24(32-4)9-7-22)19-23-10-12-28(13-11-23)25(31)29-16-14-27(15-17-29)21(3)30;19-15(20)13(25-17(23)11-7-3-1-4-8-11)14(16(21)22)26-18(24)12-9-5-2-6-10-12;/h6-9,20,23H,5,10-19H2,1-4H3;1-10,13-14H,(H,19,20)(H,21,22);1H2/t;13-,14-;/m.1./s1. The highest BCUT2D eigenvalue weighted by molar-refractivity contribution is 5.95. The number of piperidine rings is 1. The summed E-state index contributed by atoms with van der Waals surface area (Å²) in [6.45, 7) is 12.5. The Labute approximate surface area is 344 Å². The number of carbonyl (C=O) groups excluding carboxylic acids is 4.